The van der Waals surface area contributed by atoms with Gasteiger partial charge in [0.15, 0.2) is 0 Å². The number of aliphatic hydroxyl groups excluding tert-OH is 1. The first-order chi connectivity index (χ1) is 19.3. The average Bonchev–Trinajstić information content (AvgIpc) is 3.29. The number of aliphatic hydroxyl groups is 1. The van der Waals surface area contributed by atoms with Gasteiger partial charge >= 0.3 is 29.6 Å². The zero-order valence-electron chi connectivity index (χ0n) is 23.5. The second-order valence-electron chi connectivity index (χ2n) is 9.88. The van der Waals surface area contributed by atoms with Crippen LogP contribution in [0.5, 0.6) is 0 Å². The number of aromatic nitrogens is 1. The van der Waals surface area contributed by atoms with E-state index in [1.54, 1.807) is 12.1 Å². The minimum atomic E-state index is -1.32. The summed E-state index contributed by atoms with van der Waals surface area (Å²) in [6, 6.07) is 25.0. The van der Waals surface area contributed by atoms with Crippen LogP contribution in [0.4, 0.5) is 10.1 Å². The van der Waals surface area contributed by atoms with Crippen molar-refractivity contribution in [2.45, 2.75) is 45.3 Å². The van der Waals surface area contributed by atoms with Crippen molar-refractivity contribution in [3.05, 3.63) is 114 Å². The Bertz CT molecular complexity index is 1480. The normalized spacial score (nSPS) is 11.8. The maximum Gasteiger partial charge on any atom is 1.00 e. The number of hydrogen-bond donors (Lipinski definition) is 2. The van der Waals surface area contributed by atoms with Gasteiger partial charge in [0.1, 0.15) is 5.82 Å². The van der Waals surface area contributed by atoms with Crippen molar-refractivity contribution in [3.8, 4) is 22.4 Å². The van der Waals surface area contributed by atoms with E-state index in [0.29, 0.717) is 24.2 Å². The van der Waals surface area contributed by atoms with Crippen molar-refractivity contribution in [1.29, 1.82) is 0 Å². The first kappa shape index (κ1) is 32.0. The van der Waals surface area contributed by atoms with E-state index in [2.05, 4.69) is 5.32 Å². The van der Waals surface area contributed by atoms with E-state index in [1.807, 2.05) is 79.1 Å². The van der Waals surface area contributed by atoms with E-state index in [-0.39, 0.29) is 53.6 Å². The van der Waals surface area contributed by atoms with Crippen molar-refractivity contribution in [1.82, 2.24) is 4.57 Å². The number of nitrogens with one attached hydrogen (secondary N) is 1. The Labute approximate surface area is 261 Å². The van der Waals surface area contributed by atoms with Crippen LogP contribution in [-0.4, -0.2) is 27.7 Å². The molecular formula is C33H32FN2NaO4. The van der Waals surface area contributed by atoms with Crippen molar-refractivity contribution < 1.29 is 53.7 Å². The summed E-state index contributed by atoms with van der Waals surface area (Å²) in [7, 11) is 0. The molecule has 0 saturated heterocycles. The van der Waals surface area contributed by atoms with Crippen molar-refractivity contribution in [2.24, 2.45) is 0 Å². The molecule has 6 nitrogen and oxygen atoms in total. The quantitative estimate of drug-likeness (QED) is 0.217. The molecule has 41 heavy (non-hydrogen) atoms. The summed E-state index contributed by atoms with van der Waals surface area (Å²) in [5.74, 6) is -2.04. The summed E-state index contributed by atoms with van der Waals surface area (Å²) >= 11 is 0. The first-order valence-corrected chi connectivity index (χ1v) is 13.3. The molecule has 0 unspecified atom stereocenters. The van der Waals surface area contributed by atoms with Gasteiger partial charge in [-0.1, -0.05) is 68.5 Å². The Balaban J connectivity index is 0.00000462. The number of carboxylic acid groups (broad SMARTS) is 1. The molecule has 1 heterocycles. The first-order valence-electron chi connectivity index (χ1n) is 13.3. The van der Waals surface area contributed by atoms with Gasteiger partial charge in [-0.05, 0) is 72.4 Å². The van der Waals surface area contributed by atoms with Gasteiger partial charge in [0, 0.05) is 23.5 Å². The van der Waals surface area contributed by atoms with E-state index in [1.165, 1.54) is 18.2 Å². The minimum Gasteiger partial charge on any atom is -0.545 e. The third kappa shape index (κ3) is 8.05. The fourth-order valence-electron chi connectivity index (χ4n) is 4.93. The molecule has 3 aromatic carbocycles. The van der Waals surface area contributed by atoms with Gasteiger partial charge in [-0.2, -0.15) is 0 Å². The molecule has 0 spiro atoms. The number of para-hydroxylation sites is 1. The molecule has 0 aliphatic carbocycles. The van der Waals surface area contributed by atoms with Crippen LogP contribution in [0.25, 0.3) is 22.4 Å². The number of amides is 1. The average molecular weight is 563 g/mol. The maximum atomic E-state index is 14.0. The van der Waals surface area contributed by atoms with Gasteiger partial charge in [0.2, 0.25) is 0 Å². The molecule has 1 aromatic heterocycles. The molecule has 0 radical (unpaired) electrons. The standard InChI is InChI=1S/C33H33FN2O4.Na/c1-22(2)31-30(33(40)35-26-12-7-4-8-13-26)29(23-10-5-3-6-11-23)32(24-16-18-25(34)19-17-24)36(31)21-20-27(37)14-9-15-28(38)39;/h3-13,15-19,22,27,37H,14,20-21H2,1-2H3,(H,35,40)(H,38,39);/q;+1/p-1/t27-;/m0./s1. The molecule has 0 bridgehead atoms. The van der Waals surface area contributed by atoms with E-state index in [4.69, 9.17) is 0 Å². The van der Waals surface area contributed by atoms with Crippen LogP contribution in [0.1, 0.15) is 48.7 Å². The van der Waals surface area contributed by atoms with Crippen molar-refractivity contribution in [2.75, 3.05) is 5.32 Å². The summed E-state index contributed by atoms with van der Waals surface area (Å²) in [5.41, 5.74) is 4.97. The van der Waals surface area contributed by atoms with Crippen LogP contribution in [0.3, 0.4) is 0 Å². The molecular weight excluding hydrogens is 530 g/mol. The fraction of sp³-hybridized carbons (Fsp3) is 0.212. The third-order valence-electron chi connectivity index (χ3n) is 6.64. The minimum absolute atomic E-state index is 0. The number of aliphatic carboxylic acids is 1. The molecule has 1 amide bonds. The maximum absolute atomic E-state index is 14.0. The smallest absolute Gasteiger partial charge is 0.545 e. The number of hydrogen-bond acceptors (Lipinski definition) is 4. The van der Waals surface area contributed by atoms with Gasteiger partial charge in [-0.15, -0.1) is 0 Å². The van der Waals surface area contributed by atoms with Crippen molar-refractivity contribution in [3.63, 3.8) is 0 Å². The second kappa shape index (κ2) is 14.9. The van der Waals surface area contributed by atoms with Crippen LogP contribution in [0.2, 0.25) is 0 Å². The molecule has 0 aliphatic heterocycles. The molecule has 1 atom stereocenters. The number of carbonyl (C=O) groups excluding carboxylic acids is 2. The molecule has 206 valence electrons. The second-order valence-corrected chi connectivity index (χ2v) is 9.88. The van der Waals surface area contributed by atoms with Crippen LogP contribution in [-0.2, 0) is 11.3 Å². The molecule has 0 aliphatic rings. The van der Waals surface area contributed by atoms with Gasteiger partial charge in [-0.25, -0.2) is 4.39 Å². The van der Waals surface area contributed by atoms with Gasteiger partial charge in [0.05, 0.1) is 23.3 Å². The number of carbonyl (C=O) groups is 2. The Morgan fingerprint density at radius 2 is 1.56 bits per heavy atom. The molecule has 4 aromatic rings. The number of carboxylic acids is 1. The largest absolute Gasteiger partial charge is 1.00 e. The summed E-state index contributed by atoms with van der Waals surface area (Å²) in [6.45, 7) is 4.36. The molecule has 0 saturated carbocycles. The molecule has 8 heteroatoms. The van der Waals surface area contributed by atoms with Crippen molar-refractivity contribution >= 4 is 17.6 Å². The predicted molar refractivity (Wildman–Crippen MR) is 153 cm³/mol. The van der Waals surface area contributed by atoms with Gasteiger partial charge < -0.3 is 24.9 Å². The molecule has 4 rings (SSSR count). The summed E-state index contributed by atoms with van der Waals surface area (Å²) in [4.78, 5) is 24.8. The van der Waals surface area contributed by atoms with E-state index >= 15 is 0 Å². The van der Waals surface area contributed by atoms with Crippen LogP contribution < -0.4 is 40.0 Å². The Hall–Kier alpha value is -3.49. The predicted octanol–water partition coefficient (Wildman–Crippen LogP) is 2.79. The van der Waals surface area contributed by atoms with Gasteiger partial charge in [-0.3, -0.25) is 4.79 Å². The molecule has 0 fully saturated rings. The number of anilines is 1. The van der Waals surface area contributed by atoms with E-state index < -0.39 is 12.1 Å². The number of rotatable bonds is 11. The number of halogens is 1. The van der Waals surface area contributed by atoms with Crippen LogP contribution >= 0.6 is 0 Å². The Kier molecular flexibility index (Phi) is 11.7. The summed E-state index contributed by atoms with van der Waals surface area (Å²) < 4.78 is 16.0. The van der Waals surface area contributed by atoms with Gasteiger partial charge in [0.25, 0.3) is 5.91 Å². The summed E-state index contributed by atoms with van der Waals surface area (Å²) in [5, 5.41) is 24.4. The number of nitrogens with zero attached hydrogens (tertiary/aromatic N) is 1. The molecule has 2 N–H and O–H groups in total. The van der Waals surface area contributed by atoms with E-state index in [0.717, 1.165) is 34.2 Å². The van der Waals surface area contributed by atoms with Crippen LogP contribution in [0.15, 0.2) is 97.1 Å². The number of benzene rings is 3. The Morgan fingerprint density at radius 1 is 0.951 bits per heavy atom. The van der Waals surface area contributed by atoms with E-state index in [9.17, 15) is 24.2 Å². The zero-order valence-corrected chi connectivity index (χ0v) is 25.5. The third-order valence-corrected chi connectivity index (χ3v) is 6.64. The SMILES string of the molecule is CC(C)c1c(C(=O)Nc2ccccc2)c(-c2ccccc2)c(-c2ccc(F)cc2)n1CC[C@@H](O)CC=CC(=O)[O-].[Na+]. The zero-order chi connectivity index (χ0) is 28.6. The fourth-order valence-corrected chi connectivity index (χ4v) is 4.93. The topological polar surface area (TPSA) is 94.4 Å². The summed E-state index contributed by atoms with van der Waals surface area (Å²) in [6.07, 6.45) is 1.90. The Morgan fingerprint density at radius 3 is 2.15 bits per heavy atom. The van der Waals surface area contributed by atoms with Crippen LogP contribution in [0, 0.1) is 5.82 Å². The monoisotopic (exact) mass is 562 g/mol.